The van der Waals surface area contributed by atoms with E-state index >= 15 is 0 Å². The molecule has 1 rings (SSSR count). The van der Waals surface area contributed by atoms with Crippen molar-refractivity contribution in [3.63, 3.8) is 0 Å². The highest BCUT2D eigenvalue weighted by Gasteiger charge is 2.03. The van der Waals surface area contributed by atoms with Crippen LogP contribution in [0.4, 0.5) is 4.53 Å². The second-order valence-electron chi connectivity index (χ2n) is 1.98. The van der Waals surface area contributed by atoms with Crippen molar-refractivity contribution in [3.05, 3.63) is 30.1 Å². The molecule has 0 fully saturated rings. The molecule has 0 atom stereocenters. The maximum Gasteiger partial charge on any atom is 0.353 e. The fourth-order valence-electron chi connectivity index (χ4n) is 0.695. The summed E-state index contributed by atoms with van der Waals surface area (Å²) >= 11 is 0. The summed E-state index contributed by atoms with van der Waals surface area (Å²) in [6.45, 7) is 0. The molecule has 0 radical (unpaired) electrons. The zero-order valence-corrected chi connectivity index (χ0v) is 5.66. The Morgan fingerprint density at radius 3 is 2.73 bits per heavy atom. The Morgan fingerprint density at radius 2 is 2.18 bits per heavy atom. The van der Waals surface area contributed by atoms with Crippen molar-refractivity contribution in [3.8, 4) is 0 Å². The predicted molar refractivity (Wildman–Crippen MR) is 35.1 cm³/mol. The number of hydrogen-bond acceptors (Lipinski definition) is 3. The first-order valence-electron chi connectivity index (χ1n) is 3.03. The Morgan fingerprint density at radius 1 is 1.55 bits per heavy atom. The van der Waals surface area contributed by atoms with Crippen molar-refractivity contribution in [2.75, 3.05) is 0 Å². The molecule has 1 heterocycles. The van der Waals surface area contributed by atoms with E-state index in [-0.39, 0.29) is 6.42 Å². The van der Waals surface area contributed by atoms with Crippen LogP contribution in [0.25, 0.3) is 0 Å². The van der Waals surface area contributed by atoms with E-state index in [9.17, 15) is 9.32 Å². The lowest BCUT2D eigenvalue weighted by atomic mass is 10.2. The van der Waals surface area contributed by atoms with E-state index in [1.165, 1.54) is 12.4 Å². The highest BCUT2D eigenvalue weighted by Crippen LogP contribution is 1.98. The first-order chi connectivity index (χ1) is 5.33. The van der Waals surface area contributed by atoms with Crippen molar-refractivity contribution in [1.29, 1.82) is 0 Å². The standard InChI is InChI=1S/C7H6FNO2/c8-11-7(10)5-6-1-3-9-4-2-6/h1-4H,5H2. The first-order valence-corrected chi connectivity index (χ1v) is 3.03. The van der Waals surface area contributed by atoms with Crippen LogP contribution in [0.1, 0.15) is 5.56 Å². The zero-order chi connectivity index (χ0) is 8.10. The normalized spacial score (nSPS) is 9.18. The Hall–Kier alpha value is -1.45. The molecular weight excluding hydrogens is 149 g/mol. The predicted octanol–water partition coefficient (Wildman–Crippen LogP) is 1.05. The third-order valence-electron chi connectivity index (χ3n) is 1.18. The molecule has 0 aliphatic carbocycles. The van der Waals surface area contributed by atoms with E-state index in [0.29, 0.717) is 5.56 Å². The van der Waals surface area contributed by atoms with Gasteiger partial charge in [0.1, 0.15) is 0 Å². The molecule has 11 heavy (non-hydrogen) atoms. The van der Waals surface area contributed by atoms with E-state index in [1.54, 1.807) is 12.1 Å². The summed E-state index contributed by atoms with van der Waals surface area (Å²) in [5, 5.41) is 0. The summed E-state index contributed by atoms with van der Waals surface area (Å²) in [5.74, 6) is -0.892. The third kappa shape index (κ3) is 2.33. The largest absolute Gasteiger partial charge is 0.353 e. The Labute approximate surface area is 62.7 Å². The number of carbonyl (C=O) groups excluding carboxylic acids is 1. The van der Waals surface area contributed by atoms with E-state index < -0.39 is 5.97 Å². The van der Waals surface area contributed by atoms with E-state index in [1.807, 2.05) is 0 Å². The van der Waals surface area contributed by atoms with Crippen molar-refractivity contribution in [2.24, 2.45) is 0 Å². The van der Waals surface area contributed by atoms with Gasteiger partial charge in [-0.2, -0.15) is 0 Å². The molecule has 4 heteroatoms. The van der Waals surface area contributed by atoms with Gasteiger partial charge in [-0.3, -0.25) is 9.93 Å². The Kier molecular flexibility index (Phi) is 2.54. The molecule has 0 spiro atoms. The van der Waals surface area contributed by atoms with Gasteiger partial charge in [0.05, 0.1) is 6.42 Å². The van der Waals surface area contributed by atoms with Gasteiger partial charge in [0.15, 0.2) is 0 Å². The lowest BCUT2D eigenvalue weighted by Crippen LogP contribution is -2.01. The van der Waals surface area contributed by atoms with Crippen molar-refractivity contribution in [1.82, 2.24) is 4.98 Å². The van der Waals surface area contributed by atoms with Crippen LogP contribution in [0.15, 0.2) is 24.5 Å². The van der Waals surface area contributed by atoms with Crippen LogP contribution in [0.3, 0.4) is 0 Å². The second-order valence-corrected chi connectivity index (χ2v) is 1.98. The van der Waals surface area contributed by atoms with Crippen LogP contribution < -0.4 is 0 Å². The Balaban J connectivity index is 2.58. The number of nitrogens with zero attached hydrogens (tertiary/aromatic N) is 1. The van der Waals surface area contributed by atoms with Crippen LogP contribution in [0.5, 0.6) is 0 Å². The van der Waals surface area contributed by atoms with Crippen molar-refractivity contribution >= 4 is 5.97 Å². The summed E-state index contributed by atoms with van der Waals surface area (Å²) in [4.78, 5) is 17.1. The van der Waals surface area contributed by atoms with Gasteiger partial charge >= 0.3 is 5.97 Å². The molecule has 0 aromatic carbocycles. The van der Waals surface area contributed by atoms with Crippen LogP contribution in [0.2, 0.25) is 0 Å². The fourth-order valence-corrected chi connectivity index (χ4v) is 0.695. The maximum atomic E-state index is 11.2. The van der Waals surface area contributed by atoms with Crippen LogP contribution in [-0.4, -0.2) is 11.0 Å². The highest BCUT2D eigenvalue weighted by atomic mass is 19.3. The molecule has 0 saturated heterocycles. The average Bonchev–Trinajstić information content (AvgIpc) is 2.06. The maximum absolute atomic E-state index is 11.2. The minimum atomic E-state index is -0.892. The van der Waals surface area contributed by atoms with Gasteiger partial charge < -0.3 is 0 Å². The highest BCUT2D eigenvalue weighted by molar-refractivity contribution is 5.71. The molecule has 0 saturated carbocycles. The van der Waals surface area contributed by atoms with Crippen LogP contribution in [-0.2, 0) is 16.2 Å². The number of rotatable bonds is 2. The molecule has 3 nitrogen and oxygen atoms in total. The van der Waals surface area contributed by atoms with Gasteiger partial charge in [-0.05, 0) is 17.7 Å². The average molecular weight is 155 g/mol. The minimum absolute atomic E-state index is 0.0565. The number of halogens is 1. The van der Waals surface area contributed by atoms with Crippen LogP contribution >= 0.6 is 0 Å². The molecule has 1 aromatic rings. The van der Waals surface area contributed by atoms with Crippen molar-refractivity contribution < 1.29 is 14.3 Å². The van der Waals surface area contributed by atoms with Crippen LogP contribution in [0, 0.1) is 0 Å². The zero-order valence-electron chi connectivity index (χ0n) is 5.66. The molecule has 0 aliphatic rings. The number of hydrogen-bond donors (Lipinski definition) is 0. The molecule has 58 valence electrons. The van der Waals surface area contributed by atoms with Gasteiger partial charge in [0, 0.05) is 16.9 Å². The summed E-state index contributed by atoms with van der Waals surface area (Å²) in [6, 6.07) is 3.24. The van der Waals surface area contributed by atoms with E-state index in [4.69, 9.17) is 0 Å². The molecule has 0 N–H and O–H groups in total. The number of pyridine rings is 1. The minimum Gasteiger partial charge on any atom is -0.265 e. The van der Waals surface area contributed by atoms with Gasteiger partial charge in [0.2, 0.25) is 0 Å². The SMILES string of the molecule is O=C(Cc1ccncc1)OF. The Bertz CT molecular complexity index is 237. The molecule has 0 bridgehead atoms. The van der Waals surface area contributed by atoms with Gasteiger partial charge in [0.25, 0.3) is 0 Å². The second kappa shape index (κ2) is 3.65. The molecule has 0 amide bonds. The summed E-state index contributed by atoms with van der Waals surface area (Å²) < 4.78 is 11.2. The summed E-state index contributed by atoms with van der Waals surface area (Å²) in [7, 11) is 0. The molecule has 0 aliphatic heterocycles. The number of aromatic nitrogens is 1. The first kappa shape index (κ1) is 7.65. The topological polar surface area (TPSA) is 39.2 Å². The number of carbonyl (C=O) groups is 1. The molecular formula is C7H6FNO2. The van der Waals surface area contributed by atoms with Gasteiger partial charge in [-0.15, -0.1) is 0 Å². The van der Waals surface area contributed by atoms with Crippen molar-refractivity contribution in [2.45, 2.75) is 6.42 Å². The van der Waals surface area contributed by atoms with Gasteiger partial charge in [-0.25, -0.2) is 4.79 Å². The quantitative estimate of drug-likeness (QED) is 0.640. The monoisotopic (exact) mass is 155 g/mol. The fraction of sp³-hybridized carbons (Fsp3) is 0.143. The van der Waals surface area contributed by atoms with E-state index in [0.717, 1.165) is 0 Å². The lowest BCUT2D eigenvalue weighted by molar-refractivity contribution is -0.182. The van der Waals surface area contributed by atoms with E-state index in [2.05, 4.69) is 9.93 Å². The lowest BCUT2D eigenvalue weighted by Gasteiger charge is -1.93. The molecule has 1 aromatic heterocycles. The molecule has 0 unspecified atom stereocenters. The third-order valence-corrected chi connectivity index (χ3v) is 1.18. The summed E-state index contributed by atoms with van der Waals surface area (Å²) in [6.07, 6.45) is 3.00. The van der Waals surface area contributed by atoms with Gasteiger partial charge in [-0.1, -0.05) is 0 Å². The summed E-state index contributed by atoms with van der Waals surface area (Å²) in [5.41, 5.74) is 0.683. The smallest absolute Gasteiger partial charge is 0.265 e.